The lowest BCUT2D eigenvalue weighted by atomic mass is 10.1. The molecule has 0 radical (unpaired) electrons. The van der Waals surface area contributed by atoms with E-state index >= 15 is 0 Å². The van der Waals surface area contributed by atoms with Gasteiger partial charge in [-0.3, -0.25) is 4.79 Å². The van der Waals surface area contributed by atoms with Gasteiger partial charge >= 0.3 is 0 Å². The van der Waals surface area contributed by atoms with Crippen molar-refractivity contribution in [1.82, 2.24) is 10.3 Å². The molecule has 4 nitrogen and oxygen atoms in total. The van der Waals surface area contributed by atoms with E-state index in [1.807, 2.05) is 0 Å². The Labute approximate surface area is 103 Å². The van der Waals surface area contributed by atoms with Crippen LogP contribution in [0.2, 0.25) is 0 Å². The fourth-order valence-corrected chi connectivity index (χ4v) is 1.19. The first kappa shape index (κ1) is 14.3. The van der Waals surface area contributed by atoms with E-state index in [1.165, 1.54) is 0 Å². The Hall–Kier alpha value is -1.79. The van der Waals surface area contributed by atoms with Crippen molar-refractivity contribution in [2.75, 3.05) is 11.9 Å². The summed E-state index contributed by atoms with van der Waals surface area (Å²) in [5.41, 5.74) is -0.432. The first-order chi connectivity index (χ1) is 8.19. The van der Waals surface area contributed by atoms with Crippen LogP contribution >= 0.6 is 0 Å². The van der Waals surface area contributed by atoms with Gasteiger partial charge in [0.1, 0.15) is 0 Å². The molecule has 1 aromatic rings. The van der Waals surface area contributed by atoms with Gasteiger partial charge in [-0.05, 0) is 20.8 Å². The zero-order valence-electron chi connectivity index (χ0n) is 10.3. The van der Waals surface area contributed by atoms with E-state index in [0.717, 1.165) is 0 Å². The normalized spacial score (nSPS) is 11.2. The molecule has 1 rings (SSSR count). The van der Waals surface area contributed by atoms with Gasteiger partial charge in [-0.25, -0.2) is 8.78 Å². The Morgan fingerprint density at radius 3 is 2.44 bits per heavy atom. The molecule has 0 spiro atoms. The molecule has 1 heterocycles. The van der Waals surface area contributed by atoms with E-state index < -0.39 is 34.8 Å². The number of rotatable bonds is 3. The largest absolute Gasteiger partial charge is 0.358 e. The van der Waals surface area contributed by atoms with E-state index in [9.17, 15) is 18.0 Å². The van der Waals surface area contributed by atoms with Crippen molar-refractivity contribution in [1.29, 1.82) is 0 Å². The standard InChI is InChI=1S/C11H14F3N3O/c1-11(2,3)17-8(18)5-15-10-7(13)4-6(12)9(14)16-10/h4H,5H2,1-3H3,(H,15,16)(H,17,18). The van der Waals surface area contributed by atoms with Gasteiger partial charge < -0.3 is 10.6 Å². The number of hydrogen-bond donors (Lipinski definition) is 2. The summed E-state index contributed by atoms with van der Waals surface area (Å²) in [6, 6.07) is 0.367. The summed E-state index contributed by atoms with van der Waals surface area (Å²) < 4.78 is 38.5. The molecule has 0 aliphatic rings. The van der Waals surface area contributed by atoms with Crippen LogP contribution in [-0.2, 0) is 4.79 Å². The van der Waals surface area contributed by atoms with E-state index in [4.69, 9.17) is 0 Å². The number of nitrogens with zero attached hydrogens (tertiary/aromatic N) is 1. The van der Waals surface area contributed by atoms with Gasteiger partial charge in [0.2, 0.25) is 5.91 Å². The lowest BCUT2D eigenvalue weighted by molar-refractivity contribution is -0.120. The highest BCUT2D eigenvalue weighted by molar-refractivity contribution is 5.81. The molecule has 0 bridgehead atoms. The quantitative estimate of drug-likeness (QED) is 0.816. The molecule has 18 heavy (non-hydrogen) atoms. The lowest BCUT2D eigenvalue weighted by Gasteiger charge is -2.20. The molecule has 0 saturated heterocycles. The molecule has 1 amide bonds. The number of hydrogen-bond acceptors (Lipinski definition) is 3. The minimum Gasteiger partial charge on any atom is -0.358 e. The summed E-state index contributed by atoms with van der Waals surface area (Å²) in [4.78, 5) is 14.4. The molecule has 2 N–H and O–H groups in total. The number of anilines is 1. The van der Waals surface area contributed by atoms with Gasteiger partial charge in [0.05, 0.1) is 6.54 Å². The number of halogens is 3. The van der Waals surface area contributed by atoms with Crippen molar-refractivity contribution < 1.29 is 18.0 Å². The lowest BCUT2D eigenvalue weighted by Crippen LogP contribution is -2.43. The van der Waals surface area contributed by atoms with Gasteiger partial charge in [-0.2, -0.15) is 9.37 Å². The number of pyridine rings is 1. The van der Waals surface area contributed by atoms with E-state index in [1.54, 1.807) is 20.8 Å². The highest BCUT2D eigenvalue weighted by Gasteiger charge is 2.15. The summed E-state index contributed by atoms with van der Waals surface area (Å²) in [6.45, 7) is 5.05. The second-order valence-corrected chi connectivity index (χ2v) is 4.74. The first-order valence-electron chi connectivity index (χ1n) is 5.25. The van der Waals surface area contributed by atoms with Crippen LogP contribution in [0, 0.1) is 17.6 Å². The molecule has 0 unspecified atom stereocenters. The Kier molecular flexibility index (Phi) is 4.15. The highest BCUT2D eigenvalue weighted by atomic mass is 19.2. The van der Waals surface area contributed by atoms with E-state index in [0.29, 0.717) is 6.07 Å². The number of aromatic nitrogens is 1. The smallest absolute Gasteiger partial charge is 0.251 e. The predicted octanol–water partition coefficient (Wildman–Crippen LogP) is 1.83. The second-order valence-electron chi connectivity index (χ2n) is 4.74. The maximum Gasteiger partial charge on any atom is 0.251 e. The second kappa shape index (κ2) is 5.24. The molecule has 100 valence electrons. The number of carbonyl (C=O) groups excluding carboxylic acids is 1. The molecule has 0 aliphatic carbocycles. The number of nitrogens with one attached hydrogen (secondary N) is 2. The third kappa shape index (κ3) is 4.23. The van der Waals surface area contributed by atoms with Gasteiger partial charge in [0, 0.05) is 11.6 Å². The Bertz CT molecular complexity index is 458. The summed E-state index contributed by atoms with van der Waals surface area (Å²) in [6.07, 6.45) is 0. The average Bonchev–Trinajstić information content (AvgIpc) is 2.19. The van der Waals surface area contributed by atoms with Crippen molar-refractivity contribution in [2.24, 2.45) is 0 Å². The van der Waals surface area contributed by atoms with Gasteiger partial charge in [0.15, 0.2) is 17.5 Å². The fraction of sp³-hybridized carbons (Fsp3) is 0.455. The van der Waals surface area contributed by atoms with E-state index in [2.05, 4.69) is 15.6 Å². The van der Waals surface area contributed by atoms with Crippen molar-refractivity contribution in [3.05, 3.63) is 23.6 Å². The topological polar surface area (TPSA) is 54.0 Å². The van der Waals surface area contributed by atoms with Crippen LogP contribution in [0.15, 0.2) is 6.07 Å². The molecule has 7 heteroatoms. The molecule has 0 atom stereocenters. The molecule has 1 aromatic heterocycles. The SMILES string of the molecule is CC(C)(C)NC(=O)CNc1nc(F)c(F)cc1F. The van der Waals surface area contributed by atoms with Crippen molar-refractivity contribution in [3.63, 3.8) is 0 Å². The summed E-state index contributed by atoms with van der Waals surface area (Å²) in [5.74, 6) is -4.77. The first-order valence-corrected chi connectivity index (χ1v) is 5.25. The van der Waals surface area contributed by atoms with Gasteiger partial charge in [-0.15, -0.1) is 0 Å². The minimum atomic E-state index is -1.42. The molecular weight excluding hydrogens is 247 g/mol. The van der Waals surface area contributed by atoms with Crippen LogP contribution in [0.1, 0.15) is 20.8 Å². The van der Waals surface area contributed by atoms with E-state index in [-0.39, 0.29) is 6.54 Å². The number of carbonyl (C=O) groups is 1. The fourth-order valence-electron chi connectivity index (χ4n) is 1.19. The van der Waals surface area contributed by atoms with Crippen LogP contribution in [0.4, 0.5) is 19.0 Å². The predicted molar refractivity (Wildman–Crippen MR) is 60.5 cm³/mol. The third-order valence-electron chi connectivity index (χ3n) is 1.82. The highest BCUT2D eigenvalue weighted by Crippen LogP contribution is 2.13. The third-order valence-corrected chi connectivity index (χ3v) is 1.82. The van der Waals surface area contributed by atoms with Gasteiger partial charge in [0.25, 0.3) is 5.95 Å². The number of amides is 1. The summed E-state index contributed by atoms with van der Waals surface area (Å²) in [7, 11) is 0. The van der Waals surface area contributed by atoms with Gasteiger partial charge in [-0.1, -0.05) is 0 Å². The monoisotopic (exact) mass is 261 g/mol. The zero-order chi connectivity index (χ0) is 13.9. The molecule has 0 aliphatic heterocycles. The molecular formula is C11H14F3N3O. The molecule has 0 fully saturated rings. The van der Waals surface area contributed by atoms with Crippen LogP contribution in [-0.4, -0.2) is 23.0 Å². The summed E-state index contributed by atoms with van der Waals surface area (Å²) >= 11 is 0. The summed E-state index contributed by atoms with van der Waals surface area (Å²) in [5, 5.41) is 4.91. The average molecular weight is 261 g/mol. The van der Waals surface area contributed by atoms with Crippen molar-refractivity contribution >= 4 is 11.7 Å². The molecule has 0 saturated carbocycles. The van der Waals surface area contributed by atoms with Crippen LogP contribution in [0.25, 0.3) is 0 Å². The maximum atomic E-state index is 13.2. The molecule has 0 aromatic carbocycles. The van der Waals surface area contributed by atoms with Crippen LogP contribution in [0.3, 0.4) is 0 Å². The van der Waals surface area contributed by atoms with Crippen molar-refractivity contribution in [2.45, 2.75) is 26.3 Å². The minimum absolute atomic E-state index is 0.285. The van der Waals surface area contributed by atoms with Crippen molar-refractivity contribution in [3.8, 4) is 0 Å². The Balaban J connectivity index is 2.64. The zero-order valence-corrected chi connectivity index (χ0v) is 10.3. The van der Waals surface area contributed by atoms with Crippen LogP contribution < -0.4 is 10.6 Å². The Morgan fingerprint density at radius 2 is 1.89 bits per heavy atom. The van der Waals surface area contributed by atoms with Crippen LogP contribution in [0.5, 0.6) is 0 Å². The Morgan fingerprint density at radius 1 is 1.28 bits per heavy atom. The maximum absolute atomic E-state index is 13.2.